The van der Waals surface area contributed by atoms with Gasteiger partial charge in [0.25, 0.3) is 0 Å². The Balaban J connectivity index is 2.33. The Hall–Kier alpha value is -3.06. The summed E-state index contributed by atoms with van der Waals surface area (Å²) >= 11 is 0. The average Bonchev–Trinajstić information content (AvgIpc) is 3.11. The molecular weight excluding hydrogens is 672 g/mol. The maximum atomic E-state index is 13.2. The zero-order valence-electron chi connectivity index (χ0n) is 30.0. The molecule has 0 saturated carbocycles. The number of benzene rings is 1. The molecule has 4 N–H and O–H groups in total. The van der Waals surface area contributed by atoms with Gasteiger partial charge < -0.3 is 58.8 Å². The average molecular weight is 731 g/mol. The lowest BCUT2D eigenvalue weighted by Gasteiger charge is -2.18. The van der Waals surface area contributed by atoms with E-state index in [0.29, 0.717) is 118 Å². The number of Topliss-reactive ketones (excluding diaryl/α,β-unsaturated/α-hetero) is 2. The summed E-state index contributed by atoms with van der Waals surface area (Å²) in [4.78, 5) is 47.6. The van der Waals surface area contributed by atoms with E-state index in [-0.39, 0.29) is 56.6 Å². The molecule has 0 bridgehead atoms. The van der Waals surface area contributed by atoms with Crippen molar-refractivity contribution in [1.29, 1.82) is 0 Å². The van der Waals surface area contributed by atoms with Gasteiger partial charge in [-0.15, -0.1) is 0 Å². The van der Waals surface area contributed by atoms with E-state index in [1.807, 2.05) is 0 Å². The molecule has 1 atom stereocenters. The third-order valence-corrected chi connectivity index (χ3v) is 6.67. The van der Waals surface area contributed by atoms with Gasteiger partial charge in [0.2, 0.25) is 5.91 Å². The number of carboxylic acids is 1. The summed E-state index contributed by atoms with van der Waals surface area (Å²) in [5, 5.41) is 11.4. The molecule has 292 valence electrons. The molecule has 0 aliphatic rings. The highest BCUT2D eigenvalue weighted by Crippen LogP contribution is 2.15. The van der Waals surface area contributed by atoms with Crippen molar-refractivity contribution in [3.05, 3.63) is 29.8 Å². The molecule has 1 aromatic carbocycles. The molecule has 0 radical (unpaired) electrons. The Morgan fingerprint density at radius 2 is 1.08 bits per heavy atom. The summed E-state index contributed by atoms with van der Waals surface area (Å²) in [6.45, 7) is 7.73. The van der Waals surface area contributed by atoms with Crippen LogP contribution in [-0.4, -0.2) is 153 Å². The molecule has 1 amide bonds. The molecule has 0 aliphatic carbocycles. The van der Waals surface area contributed by atoms with Gasteiger partial charge in [-0.25, -0.2) is 0 Å². The molecule has 16 nitrogen and oxygen atoms in total. The van der Waals surface area contributed by atoms with Gasteiger partial charge in [0.15, 0.2) is 11.6 Å². The molecule has 1 aromatic rings. The Morgan fingerprint density at radius 1 is 0.627 bits per heavy atom. The fourth-order valence-electron chi connectivity index (χ4n) is 4.11. The molecule has 16 heteroatoms. The summed E-state index contributed by atoms with van der Waals surface area (Å²) in [5.41, 5.74) is 6.17. The molecule has 0 aliphatic heterocycles. The van der Waals surface area contributed by atoms with Gasteiger partial charge in [0.05, 0.1) is 112 Å². The number of hydrogen-bond acceptors (Lipinski definition) is 14. The summed E-state index contributed by atoms with van der Waals surface area (Å²) in [5.74, 6) is -0.877. The van der Waals surface area contributed by atoms with Crippen LogP contribution in [0.5, 0.6) is 5.75 Å². The van der Waals surface area contributed by atoms with Crippen LogP contribution in [0, 0.1) is 0 Å². The minimum atomic E-state index is -0.903. The zero-order chi connectivity index (χ0) is 37.2. The number of carboxylic acid groups (broad SMARTS) is 1. The number of carbonyl (C=O) groups excluding carboxylic acids is 3. The van der Waals surface area contributed by atoms with Crippen LogP contribution < -0.4 is 15.8 Å². The number of ketones is 2. The van der Waals surface area contributed by atoms with Gasteiger partial charge in [-0.3, -0.25) is 19.2 Å². The monoisotopic (exact) mass is 730 g/mol. The maximum absolute atomic E-state index is 13.2. The highest BCUT2D eigenvalue weighted by atomic mass is 16.6. The Labute approximate surface area is 300 Å². The van der Waals surface area contributed by atoms with E-state index >= 15 is 0 Å². The first-order chi connectivity index (χ1) is 24.8. The van der Waals surface area contributed by atoms with Gasteiger partial charge in [-0.05, 0) is 37.5 Å². The molecule has 0 spiro atoms. The Kier molecular flexibility index (Phi) is 29.6. The summed E-state index contributed by atoms with van der Waals surface area (Å²) < 4.78 is 48.5. The Morgan fingerprint density at radius 3 is 1.55 bits per heavy atom. The predicted octanol–water partition coefficient (Wildman–Crippen LogP) is 0.987. The first-order valence-electron chi connectivity index (χ1n) is 17.4. The summed E-state index contributed by atoms with van der Waals surface area (Å²) in [6, 6.07) is 6.31. The third-order valence-electron chi connectivity index (χ3n) is 6.67. The van der Waals surface area contributed by atoms with Crippen molar-refractivity contribution in [2.75, 3.05) is 119 Å². The van der Waals surface area contributed by atoms with Crippen LogP contribution in [0.4, 0.5) is 0 Å². The molecular formula is C35H58N2O14. The number of carbonyl (C=O) groups is 4. The molecule has 0 aromatic heterocycles. The molecule has 0 fully saturated rings. The molecule has 51 heavy (non-hydrogen) atoms. The van der Waals surface area contributed by atoms with Crippen molar-refractivity contribution < 1.29 is 66.9 Å². The first kappa shape index (κ1) is 46.0. The van der Waals surface area contributed by atoms with E-state index in [1.165, 1.54) is 6.92 Å². The van der Waals surface area contributed by atoms with E-state index in [2.05, 4.69) is 5.32 Å². The van der Waals surface area contributed by atoms with Gasteiger partial charge >= 0.3 is 5.97 Å². The second-order valence-corrected chi connectivity index (χ2v) is 11.1. The number of ether oxygens (including phenoxy) is 9. The quantitative estimate of drug-likeness (QED) is 0.0816. The van der Waals surface area contributed by atoms with E-state index in [1.54, 1.807) is 24.3 Å². The van der Waals surface area contributed by atoms with Gasteiger partial charge in [-0.1, -0.05) is 12.1 Å². The Bertz CT molecular complexity index is 1040. The summed E-state index contributed by atoms with van der Waals surface area (Å²) in [6.07, 6.45) is 1.03. The van der Waals surface area contributed by atoms with Gasteiger partial charge in [0, 0.05) is 26.0 Å². The number of nitrogens with one attached hydrogen (secondary N) is 1. The second kappa shape index (κ2) is 32.8. The van der Waals surface area contributed by atoms with Crippen molar-refractivity contribution in [3.63, 3.8) is 0 Å². The fraction of sp³-hybridized carbons (Fsp3) is 0.714. The molecule has 1 rings (SSSR count). The minimum Gasteiger partial charge on any atom is -0.486 e. The highest BCUT2D eigenvalue weighted by Gasteiger charge is 2.21. The lowest BCUT2D eigenvalue weighted by Crippen LogP contribution is -2.42. The van der Waals surface area contributed by atoms with Crippen LogP contribution >= 0.6 is 0 Å². The van der Waals surface area contributed by atoms with E-state index < -0.39 is 12.0 Å². The number of aliphatic carboxylic acids is 1. The van der Waals surface area contributed by atoms with E-state index in [0.717, 1.165) is 5.56 Å². The maximum Gasteiger partial charge on any atom is 0.305 e. The number of hydrogen-bond donors (Lipinski definition) is 3. The normalized spacial score (nSPS) is 11.7. The smallest absolute Gasteiger partial charge is 0.305 e. The van der Waals surface area contributed by atoms with Crippen LogP contribution in [-0.2, 0) is 63.5 Å². The fourth-order valence-corrected chi connectivity index (χ4v) is 4.11. The van der Waals surface area contributed by atoms with Gasteiger partial charge in [-0.2, -0.15) is 0 Å². The van der Waals surface area contributed by atoms with E-state index in [9.17, 15) is 19.2 Å². The van der Waals surface area contributed by atoms with Crippen molar-refractivity contribution in [2.45, 2.75) is 45.1 Å². The topological polar surface area (TPSA) is 210 Å². The zero-order valence-corrected chi connectivity index (χ0v) is 30.0. The third kappa shape index (κ3) is 29.2. The largest absolute Gasteiger partial charge is 0.486 e. The first-order valence-corrected chi connectivity index (χ1v) is 17.4. The minimum absolute atomic E-state index is 0.0256. The lowest BCUT2D eigenvalue weighted by molar-refractivity contribution is -0.138. The van der Waals surface area contributed by atoms with Crippen molar-refractivity contribution in [3.8, 4) is 5.75 Å². The standard InChI is InChI=1S/C35H58N2O14/c1-29(38)28-51-31-6-4-30(5-7-31)27-32(37-34(40)8-12-44-16-20-48-25-26-50-22-18-46-14-10-36)33(39)3-2-11-43-15-19-47-23-24-49-21-17-45-13-9-35(41)42/h4-7,32H,2-3,8-28,36H2,1H3,(H,37,40)(H,41,42)/t32-/m0/s1. The molecule has 0 saturated heterocycles. The van der Waals surface area contributed by atoms with Crippen molar-refractivity contribution >= 4 is 23.4 Å². The van der Waals surface area contributed by atoms with Crippen molar-refractivity contribution in [2.24, 2.45) is 5.73 Å². The number of rotatable bonds is 37. The highest BCUT2D eigenvalue weighted by molar-refractivity contribution is 5.89. The SMILES string of the molecule is CC(=O)COc1ccc(C[C@H](NC(=O)CCOCCOCCOCCOCCN)C(=O)CCCOCCOCCOCCOCCC(=O)O)cc1. The van der Waals surface area contributed by atoms with Gasteiger partial charge in [0.1, 0.15) is 12.4 Å². The number of amides is 1. The predicted molar refractivity (Wildman–Crippen MR) is 185 cm³/mol. The summed E-state index contributed by atoms with van der Waals surface area (Å²) in [7, 11) is 0. The molecule has 0 heterocycles. The lowest BCUT2D eigenvalue weighted by atomic mass is 9.99. The second-order valence-electron chi connectivity index (χ2n) is 11.1. The van der Waals surface area contributed by atoms with Crippen LogP contribution in [0.1, 0.15) is 38.2 Å². The van der Waals surface area contributed by atoms with Crippen LogP contribution in [0.25, 0.3) is 0 Å². The van der Waals surface area contributed by atoms with Crippen LogP contribution in [0.2, 0.25) is 0 Å². The van der Waals surface area contributed by atoms with Crippen LogP contribution in [0.3, 0.4) is 0 Å². The van der Waals surface area contributed by atoms with Crippen LogP contribution in [0.15, 0.2) is 24.3 Å². The number of nitrogens with two attached hydrogens (primary N) is 1. The molecule has 0 unspecified atom stereocenters. The van der Waals surface area contributed by atoms with Crippen molar-refractivity contribution in [1.82, 2.24) is 5.32 Å². The van der Waals surface area contributed by atoms with E-state index in [4.69, 9.17) is 53.5 Å².